The van der Waals surface area contributed by atoms with Crippen molar-refractivity contribution in [3.8, 4) is 5.69 Å². The van der Waals surface area contributed by atoms with Crippen LogP contribution in [-0.4, -0.2) is 21.0 Å². The second kappa shape index (κ2) is 4.76. The van der Waals surface area contributed by atoms with E-state index < -0.39 is 0 Å². The standard InChI is InChI=1S/C14H17N3S/c1-10-3-7-12(8-4-10)17-13(9-18-2)15-14(16-17)11-5-6-11/h3-4,7-8,11H,5-6,9H2,1-2H3. The summed E-state index contributed by atoms with van der Waals surface area (Å²) in [5.74, 6) is 3.61. The van der Waals surface area contributed by atoms with Gasteiger partial charge in [0.2, 0.25) is 0 Å². The summed E-state index contributed by atoms with van der Waals surface area (Å²) in [6.07, 6.45) is 4.60. The molecule has 1 heterocycles. The molecule has 0 aliphatic heterocycles. The Hall–Kier alpha value is -1.29. The van der Waals surface area contributed by atoms with Gasteiger partial charge in [-0.15, -0.1) is 0 Å². The summed E-state index contributed by atoms with van der Waals surface area (Å²) in [6, 6.07) is 8.47. The summed E-state index contributed by atoms with van der Waals surface area (Å²) < 4.78 is 2.00. The van der Waals surface area contributed by atoms with Crippen molar-refractivity contribution in [1.29, 1.82) is 0 Å². The molecule has 1 fully saturated rings. The highest BCUT2D eigenvalue weighted by atomic mass is 32.2. The summed E-state index contributed by atoms with van der Waals surface area (Å²) in [5, 5.41) is 4.68. The van der Waals surface area contributed by atoms with Crippen LogP contribution in [0.1, 0.15) is 36.0 Å². The van der Waals surface area contributed by atoms with Gasteiger partial charge in [0.1, 0.15) is 5.82 Å². The third-order valence-corrected chi connectivity index (χ3v) is 3.73. The average molecular weight is 259 g/mol. The second-order valence-electron chi connectivity index (χ2n) is 4.84. The Kier molecular flexibility index (Phi) is 3.12. The predicted octanol–water partition coefficient (Wildman–Crippen LogP) is 3.32. The van der Waals surface area contributed by atoms with Crippen molar-refractivity contribution >= 4 is 11.8 Å². The van der Waals surface area contributed by atoms with Gasteiger partial charge in [0.25, 0.3) is 0 Å². The van der Waals surface area contributed by atoms with Gasteiger partial charge in [0.05, 0.1) is 11.4 Å². The highest BCUT2D eigenvalue weighted by molar-refractivity contribution is 7.97. The molecule has 1 aliphatic rings. The van der Waals surface area contributed by atoms with Crippen molar-refractivity contribution in [3.05, 3.63) is 41.5 Å². The van der Waals surface area contributed by atoms with Crippen LogP contribution in [0.4, 0.5) is 0 Å². The van der Waals surface area contributed by atoms with E-state index in [1.165, 1.54) is 18.4 Å². The first-order valence-corrected chi connectivity index (χ1v) is 7.69. The van der Waals surface area contributed by atoms with E-state index in [0.29, 0.717) is 5.92 Å². The number of thioether (sulfide) groups is 1. The van der Waals surface area contributed by atoms with Crippen LogP contribution in [0.15, 0.2) is 24.3 Å². The number of aryl methyl sites for hydroxylation is 1. The van der Waals surface area contributed by atoms with Gasteiger partial charge >= 0.3 is 0 Å². The Bertz CT molecular complexity index is 541. The number of aromatic nitrogens is 3. The van der Waals surface area contributed by atoms with Gasteiger partial charge < -0.3 is 0 Å². The van der Waals surface area contributed by atoms with Crippen molar-refractivity contribution in [1.82, 2.24) is 14.8 Å². The van der Waals surface area contributed by atoms with E-state index in [1.807, 2.05) is 4.68 Å². The van der Waals surface area contributed by atoms with Gasteiger partial charge in [-0.1, -0.05) is 17.7 Å². The van der Waals surface area contributed by atoms with Crippen LogP contribution >= 0.6 is 11.8 Å². The lowest BCUT2D eigenvalue weighted by Crippen LogP contribution is -2.01. The van der Waals surface area contributed by atoms with Crippen LogP contribution in [0, 0.1) is 6.92 Å². The fraction of sp³-hybridized carbons (Fsp3) is 0.429. The number of hydrogen-bond donors (Lipinski definition) is 0. The molecular formula is C14H17N3S. The predicted molar refractivity (Wildman–Crippen MR) is 75.3 cm³/mol. The summed E-state index contributed by atoms with van der Waals surface area (Å²) in [5.41, 5.74) is 2.39. The molecule has 94 valence electrons. The fourth-order valence-electron chi connectivity index (χ4n) is 1.99. The molecule has 0 atom stereocenters. The molecule has 1 aromatic heterocycles. The van der Waals surface area contributed by atoms with Gasteiger partial charge in [0, 0.05) is 5.92 Å². The van der Waals surface area contributed by atoms with Gasteiger partial charge in [-0.25, -0.2) is 9.67 Å². The monoisotopic (exact) mass is 259 g/mol. The molecule has 0 amide bonds. The lowest BCUT2D eigenvalue weighted by atomic mass is 10.2. The van der Waals surface area contributed by atoms with Gasteiger partial charge in [-0.2, -0.15) is 16.9 Å². The maximum Gasteiger partial charge on any atom is 0.154 e. The highest BCUT2D eigenvalue weighted by Crippen LogP contribution is 2.38. The number of benzene rings is 1. The zero-order valence-electron chi connectivity index (χ0n) is 10.8. The minimum atomic E-state index is 0.609. The fourth-order valence-corrected chi connectivity index (χ4v) is 2.44. The van der Waals surface area contributed by atoms with E-state index in [0.717, 1.165) is 23.1 Å². The van der Waals surface area contributed by atoms with E-state index in [2.05, 4.69) is 42.5 Å². The van der Waals surface area contributed by atoms with E-state index in [1.54, 1.807) is 11.8 Å². The van der Waals surface area contributed by atoms with Gasteiger partial charge in [-0.05, 0) is 38.2 Å². The first-order chi connectivity index (χ1) is 8.78. The lowest BCUT2D eigenvalue weighted by Gasteiger charge is -2.04. The zero-order valence-corrected chi connectivity index (χ0v) is 11.6. The van der Waals surface area contributed by atoms with Crippen LogP contribution in [0.2, 0.25) is 0 Å². The molecular weight excluding hydrogens is 242 g/mol. The first-order valence-electron chi connectivity index (χ1n) is 6.30. The Labute approximate surface area is 112 Å². The van der Waals surface area contributed by atoms with Crippen molar-refractivity contribution < 1.29 is 0 Å². The van der Waals surface area contributed by atoms with Crippen LogP contribution in [-0.2, 0) is 5.75 Å². The van der Waals surface area contributed by atoms with E-state index in [4.69, 9.17) is 4.98 Å². The summed E-state index contributed by atoms with van der Waals surface area (Å²) in [4.78, 5) is 4.69. The van der Waals surface area contributed by atoms with E-state index in [-0.39, 0.29) is 0 Å². The van der Waals surface area contributed by atoms with E-state index in [9.17, 15) is 0 Å². The minimum absolute atomic E-state index is 0.609. The topological polar surface area (TPSA) is 30.7 Å². The Balaban J connectivity index is 2.00. The Morgan fingerprint density at radius 2 is 2.00 bits per heavy atom. The van der Waals surface area contributed by atoms with Crippen LogP contribution in [0.3, 0.4) is 0 Å². The van der Waals surface area contributed by atoms with Crippen molar-refractivity contribution in [2.24, 2.45) is 0 Å². The highest BCUT2D eigenvalue weighted by Gasteiger charge is 2.29. The molecule has 1 saturated carbocycles. The van der Waals surface area contributed by atoms with Crippen LogP contribution in [0.5, 0.6) is 0 Å². The molecule has 0 bridgehead atoms. The van der Waals surface area contributed by atoms with Crippen molar-refractivity contribution in [2.45, 2.75) is 31.4 Å². The van der Waals surface area contributed by atoms with Crippen LogP contribution < -0.4 is 0 Å². The summed E-state index contributed by atoms with van der Waals surface area (Å²) >= 11 is 1.79. The van der Waals surface area contributed by atoms with E-state index >= 15 is 0 Å². The first kappa shape index (κ1) is 11.8. The largest absolute Gasteiger partial charge is 0.217 e. The van der Waals surface area contributed by atoms with Gasteiger partial charge in [0.15, 0.2) is 5.82 Å². The average Bonchev–Trinajstić information content (AvgIpc) is 3.13. The SMILES string of the molecule is CSCc1nc(C2CC2)nn1-c1ccc(C)cc1. The zero-order chi connectivity index (χ0) is 12.5. The molecule has 1 aromatic carbocycles. The Morgan fingerprint density at radius 1 is 1.28 bits per heavy atom. The molecule has 0 radical (unpaired) electrons. The maximum absolute atomic E-state index is 4.69. The van der Waals surface area contributed by atoms with Crippen molar-refractivity contribution in [2.75, 3.05) is 6.26 Å². The summed E-state index contributed by atoms with van der Waals surface area (Å²) in [7, 11) is 0. The Morgan fingerprint density at radius 3 is 2.61 bits per heavy atom. The quantitative estimate of drug-likeness (QED) is 0.844. The summed E-state index contributed by atoms with van der Waals surface area (Å²) in [6.45, 7) is 2.10. The molecule has 4 heteroatoms. The minimum Gasteiger partial charge on any atom is -0.217 e. The smallest absolute Gasteiger partial charge is 0.154 e. The molecule has 2 aromatic rings. The molecule has 0 saturated heterocycles. The molecule has 0 spiro atoms. The number of rotatable bonds is 4. The maximum atomic E-state index is 4.69. The lowest BCUT2D eigenvalue weighted by molar-refractivity contribution is 0.811. The molecule has 0 N–H and O–H groups in total. The second-order valence-corrected chi connectivity index (χ2v) is 5.71. The third kappa shape index (κ3) is 2.29. The molecule has 0 unspecified atom stereocenters. The third-order valence-electron chi connectivity index (χ3n) is 3.19. The molecule has 3 rings (SSSR count). The number of nitrogens with zero attached hydrogens (tertiary/aromatic N) is 3. The van der Waals surface area contributed by atoms with Gasteiger partial charge in [-0.3, -0.25) is 0 Å². The molecule has 3 nitrogen and oxygen atoms in total. The molecule has 18 heavy (non-hydrogen) atoms. The van der Waals surface area contributed by atoms with Crippen LogP contribution in [0.25, 0.3) is 5.69 Å². The normalized spacial score (nSPS) is 15.0. The van der Waals surface area contributed by atoms with Crippen molar-refractivity contribution in [3.63, 3.8) is 0 Å². The number of hydrogen-bond acceptors (Lipinski definition) is 3. The molecule has 1 aliphatic carbocycles.